The number of rotatable bonds is 2. The standard InChI is InChI=1S/C18H20Cl2F3N3/c1-9-4-5-17(3,8-9)15-10(2)16(24)26(25-15)14-12(19)6-11(7-13(14)20)18(21,22)23/h6-7,9H,4-5,8,24H2,1-3H3. The molecule has 8 heteroatoms. The Labute approximate surface area is 160 Å². The van der Waals surface area contributed by atoms with Gasteiger partial charge in [-0.1, -0.05) is 37.0 Å². The Morgan fingerprint density at radius 3 is 2.31 bits per heavy atom. The molecule has 0 saturated heterocycles. The Hall–Kier alpha value is -1.40. The number of nitrogens with zero attached hydrogens (tertiary/aromatic N) is 2. The second kappa shape index (κ2) is 6.34. The van der Waals surface area contributed by atoms with Crippen molar-refractivity contribution in [2.24, 2.45) is 5.92 Å². The molecule has 1 heterocycles. The predicted molar refractivity (Wildman–Crippen MR) is 98.1 cm³/mol. The van der Waals surface area contributed by atoms with E-state index >= 15 is 0 Å². The molecule has 2 atom stereocenters. The van der Waals surface area contributed by atoms with Crippen LogP contribution in [-0.2, 0) is 11.6 Å². The normalized spacial score (nSPS) is 23.6. The molecule has 3 nitrogen and oxygen atoms in total. The first kappa shape index (κ1) is 19.4. The van der Waals surface area contributed by atoms with Crippen LogP contribution >= 0.6 is 23.2 Å². The van der Waals surface area contributed by atoms with Gasteiger partial charge in [0.1, 0.15) is 11.5 Å². The van der Waals surface area contributed by atoms with Gasteiger partial charge in [-0.3, -0.25) is 0 Å². The Kier molecular flexibility index (Phi) is 4.72. The summed E-state index contributed by atoms with van der Waals surface area (Å²) in [5, 5.41) is 4.34. The summed E-state index contributed by atoms with van der Waals surface area (Å²) in [7, 11) is 0. The summed E-state index contributed by atoms with van der Waals surface area (Å²) in [6, 6.07) is 1.69. The maximum atomic E-state index is 13.0. The van der Waals surface area contributed by atoms with Crippen molar-refractivity contribution >= 4 is 29.0 Å². The van der Waals surface area contributed by atoms with E-state index in [1.165, 1.54) is 4.68 Å². The summed E-state index contributed by atoms with van der Waals surface area (Å²) in [6.07, 6.45) is -1.46. The summed E-state index contributed by atoms with van der Waals surface area (Å²) in [6.45, 7) is 6.21. The van der Waals surface area contributed by atoms with E-state index in [1.807, 2.05) is 6.92 Å². The van der Waals surface area contributed by atoms with Crippen LogP contribution in [0.15, 0.2) is 12.1 Å². The second-order valence-corrected chi connectivity index (χ2v) is 8.28. The van der Waals surface area contributed by atoms with Crippen LogP contribution in [0.2, 0.25) is 10.0 Å². The van der Waals surface area contributed by atoms with Crippen LogP contribution in [0.1, 0.15) is 49.9 Å². The third-order valence-corrected chi connectivity index (χ3v) is 5.86. The van der Waals surface area contributed by atoms with Gasteiger partial charge in [0, 0.05) is 11.0 Å². The smallest absolute Gasteiger partial charge is 0.383 e. The molecule has 2 unspecified atom stereocenters. The van der Waals surface area contributed by atoms with Gasteiger partial charge in [-0.25, -0.2) is 4.68 Å². The summed E-state index contributed by atoms with van der Waals surface area (Å²) in [5.74, 6) is 0.924. The minimum atomic E-state index is -4.53. The minimum Gasteiger partial charge on any atom is -0.383 e. The Morgan fingerprint density at radius 2 is 1.85 bits per heavy atom. The van der Waals surface area contributed by atoms with Gasteiger partial charge in [0.25, 0.3) is 0 Å². The maximum absolute atomic E-state index is 13.0. The van der Waals surface area contributed by atoms with Crippen LogP contribution in [0.5, 0.6) is 0 Å². The first-order valence-electron chi connectivity index (χ1n) is 8.36. The number of hydrogen-bond donors (Lipinski definition) is 1. The molecule has 3 rings (SSSR count). The lowest BCUT2D eigenvalue weighted by Crippen LogP contribution is -2.20. The highest BCUT2D eigenvalue weighted by Gasteiger charge is 2.39. The van der Waals surface area contributed by atoms with Gasteiger partial charge in [0.2, 0.25) is 0 Å². The molecular weight excluding hydrogens is 386 g/mol. The number of hydrogen-bond acceptors (Lipinski definition) is 2. The van der Waals surface area contributed by atoms with E-state index in [9.17, 15) is 13.2 Å². The van der Waals surface area contributed by atoms with E-state index in [-0.39, 0.29) is 21.1 Å². The molecule has 2 N–H and O–H groups in total. The highest BCUT2D eigenvalue weighted by molar-refractivity contribution is 6.38. The second-order valence-electron chi connectivity index (χ2n) is 7.47. The summed E-state index contributed by atoms with van der Waals surface area (Å²) in [4.78, 5) is 0. The van der Waals surface area contributed by atoms with Crippen molar-refractivity contribution in [2.75, 3.05) is 5.73 Å². The molecule has 1 fully saturated rings. The molecule has 0 spiro atoms. The van der Waals surface area contributed by atoms with Crippen LogP contribution in [-0.4, -0.2) is 9.78 Å². The van der Waals surface area contributed by atoms with Crippen LogP contribution in [0.4, 0.5) is 19.0 Å². The lowest BCUT2D eigenvalue weighted by molar-refractivity contribution is -0.137. The Morgan fingerprint density at radius 1 is 1.27 bits per heavy atom. The number of halogens is 5. The van der Waals surface area contributed by atoms with Gasteiger partial charge in [-0.15, -0.1) is 0 Å². The quantitative estimate of drug-likeness (QED) is 0.649. The summed E-state index contributed by atoms with van der Waals surface area (Å²) in [5.41, 5.74) is 7.03. The molecular formula is C18H20Cl2F3N3. The monoisotopic (exact) mass is 405 g/mol. The molecule has 1 aromatic heterocycles. The Bertz CT molecular complexity index is 837. The highest BCUT2D eigenvalue weighted by atomic mass is 35.5. The number of aromatic nitrogens is 2. The molecule has 1 aliphatic carbocycles. The molecule has 0 bridgehead atoms. The fraction of sp³-hybridized carbons (Fsp3) is 0.500. The predicted octanol–water partition coefficient (Wildman–Crippen LogP) is 6.17. The number of benzene rings is 1. The number of nitrogens with two attached hydrogens (primary N) is 1. The maximum Gasteiger partial charge on any atom is 0.416 e. The lowest BCUT2D eigenvalue weighted by Gasteiger charge is -2.22. The van der Waals surface area contributed by atoms with Crippen molar-refractivity contribution in [3.05, 3.63) is 39.0 Å². The molecule has 0 aliphatic heterocycles. The van der Waals surface area contributed by atoms with E-state index in [4.69, 9.17) is 28.9 Å². The van der Waals surface area contributed by atoms with E-state index in [1.54, 1.807) is 0 Å². The number of alkyl halides is 3. The van der Waals surface area contributed by atoms with Crippen molar-refractivity contribution in [1.82, 2.24) is 9.78 Å². The van der Waals surface area contributed by atoms with Gasteiger partial charge < -0.3 is 5.73 Å². The summed E-state index contributed by atoms with van der Waals surface area (Å²) < 4.78 is 40.2. The van der Waals surface area contributed by atoms with Gasteiger partial charge in [0.05, 0.1) is 21.3 Å². The Balaban J connectivity index is 2.13. The van der Waals surface area contributed by atoms with Gasteiger partial charge in [-0.05, 0) is 44.2 Å². The zero-order chi connectivity index (χ0) is 19.4. The van der Waals surface area contributed by atoms with Crippen molar-refractivity contribution in [2.45, 2.75) is 51.6 Å². The highest BCUT2D eigenvalue weighted by Crippen LogP contribution is 2.46. The molecule has 0 amide bonds. The van der Waals surface area contributed by atoms with Crippen LogP contribution in [0.25, 0.3) is 5.69 Å². The molecule has 2 aromatic rings. The molecule has 142 valence electrons. The van der Waals surface area contributed by atoms with Gasteiger partial charge in [-0.2, -0.15) is 18.3 Å². The minimum absolute atomic E-state index is 0.117. The molecule has 1 aromatic carbocycles. The van der Waals surface area contributed by atoms with E-state index in [2.05, 4.69) is 18.9 Å². The SMILES string of the molecule is Cc1c(C2(C)CCC(C)C2)nn(-c2c(Cl)cc(C(F)(F)F)cc2Cl)c1N. The van der Waals surface area contributed by atoms with Crippen molar-refractivity contribution in [1.29, 1.82) is 0 Å². The van der Waals surface area contributed by atoms with Crippen molar-refractivity contribution in [3.63, 3.8) is 0 Å². The third kappa shape index (κ3) is 3.18. The van der Waals surface area contributed by atoms with E-state index in [0.717, 1.165) is 42.7 Å². The topological polar surface area (TPSA) is 43.8 Å². The van der Waals surface area contributed by atoms with Crippen LogP contribution < -0.4 is 5.73 Å². The van der Waals surface area contributed by atoms with Gasteiger partial charge in [0.15, 0.2) is 0 Å². The van der Waals surface area contributed by atoms with E-state index < -0.39 is 11.7 Å². The number of nitrogen functional groups attached to an aromatic ring is 1. The molecule has 26 heavy (non-hydrogen) atoms. The average Bonchev–Trinajstić information content (AvgIpc) is 3.00. The van der Waals surface area contributed by atoms with Crippen LogP contribution in [0.3, 0.4) is 0 Å². The molecule has 1 saturated carbocycles. The van der Waals surface area contributed by atoms with Crippen LogP contribution in [0, 0.1) is 12.8 Å². The molecule has 0 radical (unpaired) electrons. The first-order valence-corrected chi connectivity index (χ1v) is 9.12. The first-order chi connectivity index (χ1) is 11.9. The van der Waals surface area contributed by atoms with Gasteiger partial charge >= 0.3 is 6.18 Å². The lowest BCUT2D eigenvalue weighted by atomic mass is 9.82. The largest absolute Gasteiger partial charge is 0.416 e. The molecule has 1 aliphatic rings. The van der Waals surface area contributed by atoms with E-state index in [0.29, 0.717) is 11.7 Å². The fourth-order valence-electron chi connectivity index (χ4n) is 3.94. The van der Waals surface area contributed by atoms with Crippen molar-refractivity contribution < 1.29 is 13.2 Å². The number of anilines is 1. The average molecular weight is 406 g/mol. The summed E-state index contributed by atoms with van der Waals surface area (Å²) >= 11 is 12.3. The fourth-order valence-corrected chi connectivity index (χ4v) is 4.58. The third-order valence-electron chi connectivity index (χ3n) is 5.28. The zero-order valence-corrected chi connectivity index (χ0v) is 16.2. The zero-order valence-electron chi connectivity index (χ0n) is 14.7. The van der Waals surface area contributed by atoms with Crippen molar-refractivity contribution in [3.8, 4) is 5.69 Å².